The molecule has 2 fully saturated rings. The molecule has 2 rings (SSSR count). The molecule has 0 bridgehead atoms. The summed E-state index contributed by atoms with van der Waals surface area (Å²) in [5, 5.41) is 12.9. The highest BCUT2D eigenvalue weighted by Gasteiger charge is 2.56. The lowest BCUT2D eigenvalue weighted by Crippen LogP contribution is -2.72. The molecule has 2 aliphatic heterocycles. The molecular weight excluding hydrogens is 166 g/mol. The number of hydrogen-bond donors (Lipinski definition) is 2. The third-order valence-corrected chi connectivity index (χ3v) is 3.14. The molecule has 2 heterocycles. The molecule has 1 spiro atoms. The molecule has 3 nitrogen and oxygen atoms in total. The third kappa shape index (κ3) is 1.39. The Bertz CT molecular complexity index is 211. The Labute approximate surface area is 79.5 Å². The maximum Gasteiger partial charge on any atom is 0.0990 e. The van der Waals surface area contributed by atoms with E-state index in [0.29, 0.717) is 12.6 Å². The Morgan fingerprint density at radius 3 is 2.46 bits per heavy atom. The van der Waals surface area contributed by atoms with Crippen molar-refractivity contribution < 1.29 is 9.84 Å². The fraction of sp³-hybridized carbons (Fsp3) is 1.00. The van der Waals surface area contributed by atoms with Crippen molar-refractivity contribution in [2.75, 3.05) is 13.2 Å². The highest BCUT2D eigenvalue weighted by atomic mass is 16.5. The predicted octanol–water partition coefficient (Wildman–Crippen LogP) is 0.524. The first kappa shape index (κ1) is 9.44. The van der Waals surface area contributed by atoms with Crippen molar-refractivity contribution in [2.45, 2.75) is 44.9 Å². The molecule has 0 aromatic rings. The van der Waals surface area contributed by atoms with Crippen LogP contribution in [0, 0.1) is 5.41 Å². The first-order chi connectivity index (χ1) is 5.94. The summed E-state index contributed by atoms with van der Waals surface area (Å²) in [4.78, 5) is 0. The molecule has 3 atom stereocenters. The lowest BCUT2D eigenvalue weighted by atomic mass is 9.69. The van der Waals surface area contributed by atoms with E-state index in [4.69, 9.17) is 4.74 Å². The number of rotatable bonds is 0. The molecule has 2 N–H and O–H groups in total. The molecular formula is C10H19NO2. The average molecular weight is 185 g/mol. The van der Waals surface area contributed by atoms with Gasteiger partial charge in [-0.05, 0) is 5.41 Å². The molecule has 0 radical (unpaired) electrons. The van der Waals surface area contributed by atoms with Crippen molar-refractivity contribution in [3.05, 3.63) is 0 Å². The van der Waals surface area contributed by atoms with Gasteiger partial charge in [0.05, 0.1) is 18.3 Å². The zero-order chi connectivity index (χ0) is 9.69. The van der Waals surface area contributed by atoms with E-state index in [1.165, 1.54) is 0 Å². The van der Waals surface area contributed by atoms with Gasteiger partial charge < -0.3 is 15.2 Å². The van der Waals surface area contributed by atoms with Gasteiger partial charge in [-0.25, -0.2) is 0 Å². The van der Waals surface area contributed by atoms with Crippen molar-refractivity contribution in [3.63, 3.8) is 0 Å². The summed E-state index contributed by atoms with van der Waals surface area (Å²) in [6.07, 6.45) is 0.536. The SMILES string of the molecule is CC(C)(C)C1NCC12C[C@@H](O)CO2. The standard InChI is InChI=1S/C10H19NO2/c1-9(2,3)8-10(6-11-8)4-7(12)5-13-10/h7-8,11-12H,4-6H2,1-3H3/t7-,8?,10?/m1/s1. The zero-order valence-electron chi connectivity index (χ0n) is 8.63. The van der Waals surface area contributed by atoms with Gasteiger partial charge in [0.25, 0.3) is 0 Å². The lowest BCUT2D eigenvalue weighted by molar-refractivity contribution is -0.110. The summed E-state index contributed by atoms with van der Waals surface area (Å²) in [5.41, 5.74) is 0.139. The van der Waals surface area contributed by atoms with Crippen LogP contribution in [0.5, 0.6) is 0 Å². The van der Waals surface area contributed by atoms with E-state index in [-0.39, 0.29) is 17.1 Å². The van der Waals surface area contributed by atoms with Crippen LogP contribution in [-0.4, -0.2) is 36.0 Å². The Kier molecular flexibility index (Phi) is 1.95. The summed E-state index contributed by atoms with van der Waals surface area (Å²) in [6, 6.07) is 0.386. The second-order valence-electron chi connectivity index (χ2n) is 5.41. The van der Waals surface area contributed by atoms with Crippen LogP contribution in [0.3, 0.4) is 0 Å². The molecule has 0 saturated carbocycles. The van der Waals surface area contributed by atoms with E-state index >= 15 is 0 Å². The van der Waals surface area contributed by atoms with E-state index in [1.54, 1.807) is 0 Å². The second kappa shape index (κ2) is 2.69. The first-order valence-corrected chi connectivity index (χ1v) is 4.99. The first-order valence-electron chi connectivity index (χ1n) is 4.99. The fourth-order valence-corrected chi connectivity index (χ4v) is 2.63. The van der Waals surface area contributed by atoms with Gasteiger partial charge in [0.15, 0.2) is 0 Å². The van der Waals surface area contributed by atoms with Gasteiger partial charge >= 0.3 is 0 Å². The molecule has 0 aromatic carbocycles. The largest absolute Gasteiger partial charge is 0.391 e. The minimum Gasteiger partial charge on any atom is -0.391 e. The van der Waals surface area contributed by atoms with Crippen molar-refractivity contribution in [1.29, 1.82) is 0 Å². The Balaban J connectivity index is 2.09. The Morgan fingerprint density at radius 2 is 2.15 bits per heavy atom. The smallest absolute Gasteiger partial charge is 0.0990 e. The highest BCUT2D eigenvalue weighted by Crippen LogP contribution is 2.42. The van der Waals surface area contributed by atoms with E-state index in [0.717, 1.165) is 13.0 Å². The normalized spacial score (nSPS) is 45.2. The minimum absolute atomic E-state index is 0.0718. The molecule has 2 unspecified atom stereocenters. The molecule has 2 aliphatic rings. The van der Waals surface area contributed by atoms with Gasteiger partial charge in [-0.3, -0.25) is 0 Å². The van der Waals surface area contributed by atoms with E-state index < -0.39 is 0 Å². The van der Waals surface area contributed by atoms with Crippen molar-refractivity contribution in [1.82, 2.24) is 5.32 Å². The number of nitrogens with one attached hydrogen (secondary N) is 1. The molecule has 13 heavy (non-hydrogen) atoms. The van der Waals surface area contributed by atoms with Crippen molar-refractivity contribution in [3.8, 4) is 0 Å². The second-order valence-corrected chi connectivity index (χ2v) is 5.41. The summed E-state index contributed by atoms with van der Waals surface area (Å²) < 4.78 is 5.72. The molecule has 0 amide bonds. The highest BCUT2D eigenvalue weighted by molar-refractivity contribution is 5.12. The van der Waals surface area contributed by atoms with Gasteiger partial charge in [-0.2, -0.15) is 0 Å². The Morgan fingerprint density at radius 1 is 1.46 bits per heavy atom. The van der Waals surface area contributed by atoms with E-state index in [9.17, 15) is 5.11 Å². The van der Waals surface area contributed by atoms with Crippen LogP contribution in [-0.2, 0) is 4.74 Å². The number of hydrogen-bond acceptors (Lipinski definition) is 3. The summed E-state index contributed by atoms with van der Waals surface area (Å²) in [5.74, 6) is 0. The quantitative estimate of drug-likeness (QED) is 0.578. The third-order valence-electron chi connectivity index (χ3n) is 3.14. The molecule has 0 aliphatic carbocycles. The van der Waals surface area contributed by atoms with Gasteiger partial charge in [-0.15, -0.1) is 0 Å². The van der Waals surface area contributed by atoms with Gasteiger partial charge in [0.1, 0.15) is 0 Å². The number of aliphatic hydroxyl groups is 1. The van der Waals surface area contributed by atoms with Gasteiger partial charge in [0, 0.05) is 19.0 Å². The van der Waals surface area contributed by atoms with Crippen LogP contribution in [0.4, 0.5) is 0 Å². The van der Waals surface area contributed by atoms with Crippen molar-refractivity contribution >= 4 is 0 Å². The van der Waals surface area contributed by atoms with Crippen LogP contribution >= 0.6 is 0 Å². The summed E-state index contributed by atoms with van der Waals surface area (Å²) in [7, 11) is 0. The van der Waals surface area contributed by atoms with E-state index in [2.05, 4.69) is 26.1 Å². The Hall–Kier alpha value is -0.120. The van der Waals surface area contributed by atoms with Crippen LogP contribution in [0.25, 0.3) is 0 Å². The fourth-order valence-electron chi connectivity index (χ4n) is 2.63. The average Bonchev–Trinajstić information content (AvgIpc) is 2.27. The maximum atomic E-state index is 9.46. The number of aliphatic hydroxyl groups excluding tert-OH is 1. The zero-order valence-corrected chi connectivity index (χ0v) is 8.63. The molecule has 76 valence electrons. The number of ether oxygens (including phenoxy) is 1. The summed E-state index contributed by atoms with van der Waals surface area (Å²) >= 11 is 0. The maximum absolute atomic E-state index is 9.46. The van der Waals surface area contributed by atoms with Crippen LogP contribution in [0.1, 0.15) is 27.2 Å². The van der Waals surface area contributed by atoms with E-state index in [1.807, 2.05) is 0 Å². The van der Waals surface area contributed by atoms with Crippen LogP contribution < -0.4 is 5.32 Å². The van der Waals surface area contributed by atoms with Gasteiger partial charge in [0.2, 0.25) is 0 Å². The monoisotopic (exact) mass is 185 g/mol. The van der Waals surface area contributed by atoms with Gasteiger partial charge in [-0.1, -0.05) is 20.8 Å². The van der Waals surface area contributed by atoms with Crippen LogP contribution in [0.2, 0.25) is 0 Å². The minimum atomic E-state index is -0.257. The predicted molar refractivity (Wildman–Crippen MR) is 50.6 cm³/mol. The topological polar surface area (TPSA) is 41.5 Å². The van der Waals surface area contributed by atoms with Crippen LogP contribution in [0.15, 0.2) is 0 Å². The van der Waals surface area contributed by atoms with Crippen molar-refractivity contribution in [2.24, 2.45) is 5.41 Å². The molecule has 2 saturated heterocycles. The lowest BCUT2D eigenvalue weighted by Gasteiger charge is -2.53. The molecule has 0 aromatic heterocycles. The summed E-state index contributed by atoms with van der Waals surface area (Å²) in [6.45, 7) is 8.03. The molecule has 3 heteroatoms.